The monoisotopic (exact) mass is 601 g/mol. The molecule has 1 heterocycles. The number of sulfonamides is 1. The lowest BCUT2D eigenvalue weighted by Crippen LogP contribution is -2.46. The molecule has 2 N–H and O–H groups in total. The topological polar surface area (TPSA) is 114 Å². The van der Waals surface area contributed by atoms with E-state index in [-0.39, 0.29) is 31.0 Å². The Morgan fingerprint density at radius 1 is 1.12 bits per heavy atom. The first-order valence-electron chi connectivity index (χ1n) is 12.7. The predicted octanol–water partition coefficient (Wildman–Crippen LogP) is 5.43. The van der Waals surface area contributed by atoms with Crippen molar-refractivity contribution in [3.63, 3.8) is 0 Å². The fourth-order valence-corrected chi connectivity index (χ4v) is 5.45. The van der Waals surface area contributed by atoms with Gasteiger partial charge >= 0.3 is 12.1 Å². The molecule has 0 radical (unpaired) electrons. The van der Waals surface area contributed by atoms with Gasteiger partial charge in [-0.3, -0.25) is 0 Å². The number of nitrogens with one attached hydrogen (secondary N) is 2. The Morgan fingerprint density at radius 3 is 2.38 bits per heavy atom. The van der Waals surface area contributed by atoms with Crippen molar-refractivity contribution in [2.45, 2.75) is 63.5 Å². The van der Waals surface area contributed by atoms with E-state index in [1.54, 1.807) is 56.4 Å². The lowest BCUT2D eigenvalue weighted by atomic mass is 9.81. The Balaban J connectivity index is 1.81. The number of nitrogens with zero attached hydrogens (tertiary/aromatic N) is 1. The van der Waals surface area contributed by atoms with E-state index < -0.39 is 50.0 Å². The molecule has 0 bridgehead atoms. The number of ether oxygens (including phenoxy) is 2. The average molecular weight is 602 g/mol. The van der Waals surface area contributed by atoms with Crippen LogP contribution in [0.5, 0.6) is 5.75 Å². The lowest BCUT2D eigenvalue weighted by Gasteiger charge is -2.39. The molecule has 40 heavy (non-hydrogen) atoms. The standard InChI is InChI=1S/C27H34ClF2N3O6S/c1-16(2)31-25(34)32-40(36,37)24-13-21(29)23(12-22(24)30)38-15-18-14-33(26(35)39-27(3,4)5)11-10-20(18)17-6-8-19(28)9-7-17/h6-9,12-13,16,18,20H,10-11,14-15H2,1-5H3,(H2,31,32,34)/t18-,20-/m1/s1. The summed E-state index contributed by atoms with van der Waals surface area (Å²) in [6.07, 6.45) is 0.0698. The van der Waals surface area contributed by atoms with Crippen molar-refractivity contribution < 1.29 is 36.3 Å². The van der Waals surface area contributed by atoms with Crippen LogP contribution in [0.15, 0.2) is 41.3 Å². The molecule has 0 aromatic heterocycles. The van der Waals surface area contributed by atoms with E-state index in [0.29, 0.717) is 30.1 Å². The summed E-state index contributed by atoms with van der Waals surface area (Å²) in [5.74, 6) is -3.36. The van der Waals surface area contributed by atoms with Crippen molar-refractivity contribution >= 4 is 33.7 Å². The number of urea groups is 1. The minimum Gasteiger partial charge on any atom is -0.490 e. The number of hydrogen-bond donors (Lipinski definition) is 2. The van der Waals surface area contributed by atoms with Gasteiger partial charge in [0.25, 0.3) is 10.0 Å². The summed E-state index contributed by atoms with van der Waals surface area (Å²) in [4.78, 5) is 25.1. The smallest absolute Gasteiger partial charge is 0.410 e. The third kappa shape index (κ3) is 8.44. The largest absolute Gasteiger partial charge is 0.490 e. The van der Waals surface area contributed by atoms with Gasteiger partial charge in [-0.05, 0) is 64.7 Å². The fraction of sp³-hybridized carbons (Fsp3) is 0.481. The fourth-order valence-electron chi connectivity index (χ4n) is 4.33. The summed E-state index contributed by atoms with van der Waals surface area (Å²) >= 11 is 6.04. The Bertz CT molecular complexity index is 1330. The molecular formula is C27H34ClF2N3O6S. The summed E-state index contributed by atoms with van der Waals surface area (Å²) in [6.45, 7) is 9.05. The van der Waals surface area contributed by atoms with Gasteiger partial charge in [-0.2, -0.15) is 0 Å². The second-order valence-electron chi connectivity index (χ2n) is 10.9. The molecule has 0 unspecified atom stereocenters. The number of amides is 3. The van der Waals surface area contributed by atoms with Crippen molar-refractivity contribution in [2.75, 3.05) is 19.7 Å². The third-order valence-electron chi connectivity index (χ3n) is 6.06. The normalized spacial score (nSPS) is 17.9. The Hall–Kier alpha value is -3.12. The second kappa shape index (κ2) is 12.6. The Labute approximate surface area is 238 Å². The van der Waals surface area contributed by atoms with E-state index in [1.807, 2.05) is 12.1 Å². The van der Waals surface area contributed by atoms with Crippen LogP contribution in [-0.2, 0) is 14.8 Å². The number of halogens is 3. The maximum Gasteiger partial charge on any atom is 0.410 e. The van der Waals surface area contributed by atoms with E-state index in [4.69, 9.17) is 21.1 Å². The van der Waals surface area contributed by atoms with Gasteiger partial charge in [0.1, 0.15) is 16.3 Å². The van der Waals surface area contributed by atoms with Gasteiger partial charge in [0.05, 0.1) is 6.61 Å². The van der Waals surface area contributed by atoms with E-state index in [2.05, 4.69) is 5.32 Å². The van der Waals surface area contributed by atoms with Crippen molar-refractivity contribution in [3.8, 4) is 5.75 Å². The van der Waals surface area contributed by atoms with Crippen LogP contribution in [0.1, 0.15) is 52.5 Å². The number of hydrogen-bond acceptors (Lipinski definition) is 6. The van der Waals surface area contributed by atoms with Crippen LogP contribution < -0.4 is 14.8 Å². The van der Waals surface area contributed by atoms with Crippen molar-refractivity contribution in [1.82, 2.24) is 14.9 Å². The highest BCUT2D eigenvalue weighted by atomic mass is 35.5. The third-order valence-corrected chi connectivity index (χ3v) is 7.66. The molecule has 220 valence electrons. The van der Waals surface area contributed by atoms with E-state index in [9.17, 15) is 26.8 Å². The zero-order chi connectivity index (χ0) is 29.8. The van der Waals surface area contributed by atoms with Crippen LogP contribution >= 0.6 is 11.6 Å². The molecule has 0 spiro atoms. The molecule has 9 nitrogen and oxygen atoms in total. The molecule has 0 saturated carbocycles. The van der Waals surface area contributed by atoms with Crippen LogP contribution in [0.2, 0.25) is 5.02 Å². The van der Waals surface area contributed by atoms with Crippen LogP contribution in [0, 0.1) is 17.6 Å². The number of rotatable bonds is 7. The van der Waals surface area contributed by atoms with E-state index in [1.165, 1.54) is 0 Å². The van der Waals surface area contributed by atoms with E-state index in [0.717, 1.165) is 5.56 Å². The highest BCUT2D eigenvalue weighted by molar-refractivity contribution is 7.90. The zero-order valence-corrected chi connectivity index (χ0v) is 24.5. The molecule has 2 aromatic rings. The molecular weight excluding hydrogens is 568 g/mol. The highest BCUT2D eigenvalue weighted by Crippen LogP contribution is 2.35. The highest BCUT2D eigenvalue weighted by Gasteiger charge is 2.35. The molecule has 1 aliphatic heterocycles. The molecule has 1 aliphatic rings. The Kier molecular flexibility index (Phi) is 9.89. The quantitative estimate of drug-likeness (QED) is 0.437. The van der Waals surface area contributed by atoms with Crippen LogP contribution in [-0.4, -0.2) is 56.8 Å². The minimum atomic E-state index is -4.69. The molecule has 3 amide bonds. The van der Waals surface area contributed by atoms with Crippen LogP contribution in [0.4, 0.5) is 18.4 Å². The van der Waals surface area contributed by atoms with Crippen LogP contribution in [0.25, 0.3) is 0 Å². The summed E-state index contributed by atoms with van der Waals surface area (Å²) in [7, 11) is -4.69. The van der Waals surface area contributed by atoms with Crippen molar-refractivity contribution in [1.29, 1.82) is 0 Å². The maximum absolute atomic E-state index is 14.9. The van der Waals surface area contributed by atoms with Gasteiger partial charge in [0.2, 0.25) is 0 Å². The van der Waals surface area contributed by atoms with Gasteiger partial charge in [0.15, 0.2) is 11.6 Å². The number of piperidine rings is 1. The SMILES string of the molecule is CC(C)NC(=O)NS(=O)(=O)c1cc(F)c(OC[C@H]2CN(C(=O)OC(C)(C)C)CC[C@@H]2c2ccc(Cl)cc2)cc1F. The lowest BCUT2D eigenvalue weighted by molar-refractivity contribution is 0.0110. The van der Waals surface area contributed by atoms with Crippen molar-refractivity contribution in [3.05, 3.63) is 58.6 Å². The molecule has 1 saturated heterocycles. The van der Waals surface area contributed by atoms with Gasteiger partial charge in [0, 0.05) is 42.2 Å². The molecule has 1 fully saturated rings. The first-order chi connectivity index (χ1) is 18.6. The summed E-state index contributed by atoms with van der Waals surface area (Å²) < 4.78 is 67.5. The molecule has 13 heteroatoms. The number of carbonyl (C=O) groups excluding carboxylic acids is 2. The Morgan fingerprint density at radius 2 is 1.77 bits per heavy atom. The molecule has 3 rings (SSSR count). The molecule has 2 atom stereocenters. The van der Waals surface area contributed by atoms with Gasteiger partial charge in [-0.15, -0.1) is 0 Å². The van der Waals surface area contributed by atoms with Gasteiger partial charge in [-0.25, -0.2) is 31.5 Å². The maximum atomic E-state index is 14.9. The molecule has 2 aromatic carbocycles. The van der Waals surface area contributed by atoms with Gasteiger partial charge < -0.3 is 19.7 Å². The molecule has 0 aliphatic carbocycles. The minimum absolute atomic E-state index is 0.0906. The van der Waals surface area contributed by atoms with E-state index >= 15 is 0 Å². The average Bonchev–Trinajstić information content (AvgIpc) is 2.82. The van der Waals surface area contributed by atoms with Crippen LogP contribution in [0.3, 0.4) is 0 Å². The predicted molar refractivity (Wildman–Crippen MR) is 146 cm³/mol. The number of benzene rings is 2. The summed E-state index contributed by atoms with van der Waals surface area (Å²) in [5, 5.41) is 2.86. The first-order valence-corrected chi connectivity index (χ1v) is 14.6. The second-order valence-corrected chi connectivity index (χ2v) is 13.0. The van der Waals surface area contributed by atoms with Gasteiger partial charge in [-0.1, -0.05) is 23.7 Å². The number of likely N-dealkylation sites (tertiary alicyclic amines) is 1. The zero-order valence-electron chi connectivity index (χ0n) is 23.0. The summed E-state index contributed by atoms with van der Waals surface area (Å²) in [5.41, 5.74) is 0.254. The van der Waals surface area contributed by atoms with Crippen molar-refractivity contribution in [2.24, 2.45) is 5.92 Å². The number of carbonyl (C=O) groups is 2. The first kappa shape index (κ1) is 31.4. The summed E-state index contributed by atoms with van der Waals surface area (Å²) in [6, 6.07) is 6.86.